The molecule has 0 aromatic heterocycles. The highest BCUT2D eigenvalue weighted by molar-refractivity contribution is 5.76. The van der Waals surface area contributed by atoms with Crippen LogP contribution in [0.15, 0.2) is 0 Å². The number of carbonyl (C=O) groups excluding carboxylic acids is 1. The molecule has 1 aliphatic rings. The van der Waals surface area contributed by atoms with Crippen molar-refractivity contribution in [2.24, 2.45) is 5.92 Å². The molecule has 0 aliphatic carbocycles. The second-order valence-electron chi connectivity index (χ2n) is 4.81. The van der Waals surface area contributed by atoms with Gasteiger partial charge in [0.05, 0.1) is 12.5 Å². The van der Waals surface area contributed by atoms with E-state index in [4.69, 9.17) is 5.11 Å². The Hall–Kier alpha value is -0.610. The monoisotopic (exact) mass is 214 g/mol. The van der Waals surface area contributed by atoms with Crippen LogP contribution < -0.4 is 0 Å². The molecular formula is C11H22N2O2. The summed E-state index contributed by atoms with van der Waals surface area (Å²) in [6, 6.07) is 0. The Labute approximate surface area is 91.9 Å². The van der Waals surface area contributed by atoms with E-state index in [1.807, 2.05) is 4.90 Å². The number of likely N-dealkylation sites (tertiary alicyclic amines) is 1. The summed E-state index contributed by atoms with van der Waals surface area (Å²) in [5.74, 6) is 0.684. The maximum Gasteiger partial charge on any atom is 0.225 e. The molecule has 1 N–H and O–H groups in total. The first-order chi connectivity index (χ1) is 6.99. The molecule has 1 saturated heterocycles. The molecule has 1 aliphatic heterocycles. The van der Waals surface area contributed by atoms with Crippen molar-refractivity contribution in [3.05, 3.63) is 0 Å². The van der Waals surface area contributed by atoms with Crippen LogP contribution in [0.3, 0.4) is 0 Å². The number of hydrogen-bond acceptors (Lipinski definition) is 3. The van der Waals surface area contributed by atoms with Crippen molar-refractivity contribution < 1.29 is 9.90 Å². The molecule has 2 unspecified atom stereocenters. The van der Waals surface area contributed by atoms with Crippen LogP contribution in [-0.2, 0) is 4.79 Å². The number of hydrogen-bond donors (Lipinski definition) is 1. The molecule has 4 nitrogen and oxygen atoms in total. The van der Waals surface area contributed by atoms with Gasteiger partial charge in [-0.15, -0.1) is 0 Å². The lowest BCUT2D eigenvalue weighted by atomic mass is 10.1. The van der Waals surface area contributed by atoms with Crippen molar-refractivity contribution >= 4 is 5.91 Å². The number of amides is 1. The minimum atomic E-state index is -0.523. The number of carbonyl (C=O) groups is 1. The second kappa shape index (κ2) is 5.47. The molecule has 0 saturated carbocycles. The highest BCUT2D eigenvalue weighted by Crippen LogP contribution is 2.17. The number of nitrogens with zero attached hydrogens (tertiary/aromatic N) is 2. The van der Waals surface area contributed by atoms with Gasteiger partial charge in [-0.25, -0.2) is 0 Å². The minimum absolute atomic E-state index is 0.0891. The predicted octanol–water partition coefficient (Wildman–Crippen LogP) is 0.167. The molecule has 1 rings (SSSR count). The average molecular weight is 214 g/mol. The largest absolute Gasteiger partial charge is 0.393 e. The third-order valence-electron chi connectivity index (χ3n) is 2.73. The van der Waals surface area contributed by atoms with Crippen LogP contribution in [-0.4, -0.2) is 60.6 Å². The van der Waals surface area contributed by atoms with E-state index in [2.05, 4.69) is 19.0 Å². The molecule has 0 radical (unpaired) electrons. The highest BCUT2D eigenvalue weighted by atomic mass is 16.3. The van der Waals surface area contributed by atoms with Gasteiger partial charge in [0.15, 0.2) is 0 Å². The summed E-state index contributed by atoms with van der Waals surface area (Å²) in [5.41, 5.74) is 0. The summed E-state index contributed by atoms with van der Waals surface area (Å²) in [4.78, 5) is 15.7. The van der Waals surface area contributed by atoms with E-state index in [1.54, 1.807) is 6.92 Å². The van der Waals surface area contributed by atoms with Gasteiger partial charge in [0.1, 0.15) is 0 Å². The van der Waals surface area contributed by atoms with Crippen LogP contribution in [0.2, 0.25) is 0 Å². The molecule has 0 spiro atoms. The molecular weight excluding hydrogens is 192 g/mol. The van der Waals surface area contributed by atoms with Gasteiger partial charge in [0.25, 0.3) is 0 Å². The molecule has 0 aromatic rings. The molecule has 1 amide bonds. The molecule has 4 heteroatoms. The normalized spacial score (nSPS) is 23.5. The number of aliphatic hydroxyl groups excluding tert-OH is 1. The van der Waals surface area contributed by atoms with Crippen molar-refractivity contribution in [3.8, 4) is 0 Å². The summed E-state index contributed by atoms with van der Waals surface area (Å²) in [6.07, 6.45) is 0.823. The Kier molecular flexibility index (Phi) is 4.54. The van der Waals surface area contributed by atoms with Crippen LogP contribution in [0.5, 0.6) is 0 Å². The zero-order valence-corrected chi connectivity index (χ0v) is 9.94. The third-order valence-corrected chi connectivity index (χ3v) is 2.73. The maximum absolute atomic E-state index is 11.6. The van der Waals surface area contributed by atoms with Crippen molar-refractivity contribution in [1.29, 1.82) is 0 Å². The van der Waals surface area contributed by atoms with Gasteiger partial charge < -0.3 is 14.9 Å². The van der Waals surface area contributed by atoms with E-state index in [1.165, 1.54) is 0 Å². The van der Waals surface area contributed by atoms with Crippen LogP contribution >= 0.6 is 0 Å². The summed E-state index contributed by atoms with van der Waals surface area (Å²) < 4.78 is 0. The van der Waals surface area contributed by atoms with E-state index < -0.39 is 6.10 Å². The zero-order chi connectivity index (χ0) is 11.4. The zero-order valence-electron chi connectivity index (χ0n) is 9.94. The molecule has 1 fully saturated rings. The first kappa shape index (κ1) is 12.5. The smallest absolute Gasteiger partial charge is 0.225 e. The van der Waals surface area contributed by atoms with Crippen molar-refractivity contribution in [2.75, 3.05) is 33.7 Å². The van der Waals surface area contributed by atoms with Gasteiger partial charge in [-0.3, -0.25) is 4.79 Å². The summed E-state index contributed by atoms with van der Waals surface area (Å²) in [7, 11) is 4.11. The van der Waals surface area contributed by atoms with Gasteiger partial charge in [-0.1, -0.05) is 0 Å². The lowest BCUT2D eigenvalue weighted by Gasteiger charge is -2.19. The standard InChI is InChI=1S/C11H22N2O2/c1-9(14)6-11(15)13-5-4-10(8-13)7-12(2)3/h9-10,14H,4-8H2,1-3H3. The molecule has 1 heterocycles. The minimum Gasteiger partial charge on any atom is -0.393 e. The Morgan fingerprint density at radius 1 is 1.60 bits per heavy atom. The van der Waals surface area contributed by atoms with E-state index in [-0.39, 0.29) is 12.3 Å². The van der Waals surface area contributed by atoms with Crippen LogP contribution in [0.4, 0.5) is 0 Å². The molecule has 2 atom stereocenters. The highest BCUT2D eigenvalue weighted by Gasteiger charge is 2.26. The summed E-state index contributed by atoms with van der Waals surface area (Å²) in [5, 5.41) is 9.14. The molecule has 15 heavy (non-hydrogen) atoms. The summed E-state index contributed by atoms with van der Waals surface area (Å²) in [6.45, 7) is 4.40. The third kappa shape index (κ3) is 4.18. The lowest BCUT2D eigenvalue weighted by molar-refractivity contribution is -0.132. The van der Waals surface area contributed by atoms with Gasteiger partial charge in [0, 0.05) is 19.6 Å². The van der Waals surface area contributed by atoms with Crippen LogP contribution in [0, 0.1) is 5.92 Å². The van der Waals surface area contributed by atoms with Gasteiger partial charge in [-0.2, -0.15) is 0 Å². The van der Waals surface area contributed by atoms with Crippen LogP contribution in [0.25, 0.3) is 0 Å². The van der Waals surface area contributed by atoms with Crippen molar-refractivity contribution in [2.45, 2.75) is 25.9 Å². The Bertz CT molecular complexity index is 217. The number of aliphatic hydroxyl groups is 1. The number of rotatable bonds is 4. The fourth-order valence-corrected chi connectivity index (χ4v) is 2.11. The van der Waals surface area contributed by atoms with E-state index in [0.29, 0.717) is 5.92 Å². The van der Waals surface area contributed by atoms with E-state index in [9.17, 15) is 4.79 Å². The topological polar surface area (TPSA) is 43.8 Å². The second-order valence-corrected chi connectivity index (χ2v) is 4.81. The fourth-order valence-electron chi connectivity index (χ4n) is 2.11. The Morgan fingerprint density at radius 3 is 2.80 bits per heavy atom. The lowest BCUT2D eigenvalue weighted by Crippen LogP contribution is -2.32. The first-order valence-electron chi connectivity index (χ1n) is 5.59. The SMILES string of the molecule is CC(O)CC(=O)N1CCC(CN(C)C)C1. The average Bonchev–Trinajstić information content (AvgIpc) is 2.50. The molecule has 88 valence electrons. The Balaban J connectivity index is 2.32. The van der Waals surface area contributed by atoms with Crippen LogP contribution in [0.1, 0.15) is 19.8 Å². The van der Waals surface area contributed by atoms with Crippen molar-refractivity contribution in [1.82, 2.24) is 9.80 Å². The quantitative estimate of drug-likeness (QED) is 0.725. The van der Waals surface area contributed by atoms with Gasteiger partial charge in [0.2, 0.25) is 5.91 Å². The van der Waals surface area contributed by atoms with E-state index >= 15 is 0 Å². The maximum atomic E-state index is 11.6. The molecule has 0 bridgehead atoms. The van der Waals surface area contributed by atoms with E-state index in [0.717, 1.165) is 26.1 Å². The van der Waals surface area contributed by atoms with Gasteiger partial charge >= 0.3 is 0 Å². The summed E-state index contributed by atoms with van der Waals surface area (Å²) >= 11 is 0. The van der Waals surface area contributed by atoms with Crippen molar-refractivity contribution in [3.63, 3.8) is 0 Å². The predicted molar refractivity (Wildman–Crippen MR) is 59.5 cm³/mol. The Morgan fingerprint density at radius 2 is 2.27 bits per heavy atom. The fraction of sp³-hybridized carbons (Fsp3) is 0.909. The molecule has 0 aromatic carbocycles. The van der Waals surface area contributed by atoms with Gasteiger partial charge in [-0.05, 0) is 33.4 Å². The first-order valence-corrected chi connectivity index (χ1v) is 5.59.